The van der Waals surface area contributed by atoms with Crippen LogP contribution in [-0.2, 0) is 0 Å². The third kappa shape index (κ3) is 4.49. The highest BCUT2D eigenvalue weighted by Crippen LogP contribution is 2.43. The average Bonchev–Trinajstić information content (AvgIpc) is 3.56. The van der Waals surface area contributed by atoms with E-state index >= 15 is 0 Å². The molecule has 160 valence electrons. The number of rotatable bonds is 5. The SMILES string of the molecule is O=C(Nc1cc(C2CC2)ccc1N1CCC[C@H](O)CC1)c1ccc(-c2ccncc2)o1. The van der Waals surface area contributed by atoms with Gasteiger partial charge in [0.15, 0.2) is 5.76 Å². The van der Waals surface area contributed by atoms with Crippen LogP contribution in [0.4, 0.5) is 11.4 Å². The molecule has 2 aliphatic rings. The molecule has 5 rings (SSSR count). The molecule has 1 saturated carbocycles. The zero-order chi connectivity index (χ0) is 21.2. The maximum absolute atomic E-state index is 13.0. The Morgan fingerprint density at radius 3 is 2.68 bits per heavy atom. The van der Waals surface area contributed by atoms with Crippen molar-refractivity contribution in [3.8, 4) is 11.3 Å². The van der Waals surface area contributed by atoms with Gasteiger partial charge in [0.25, 0.3) is 5.91 Å². The van der Waals surface area contributed by atoms with E-state index in [9.17, 15) is 9.90 Å². The molecule has 6 nitrogen and oxygen atoms in total. The number of aliphatic hydroxyl groups is 1. The van der Waals surface area contributed by atoms with E-state index in [1.807, 2.05) is 18.2 Å². The van der Waals surface area contributed by atoms with E-state index in [1.54, 1.807) is 18.5 Å². The lowest BCUT2D eigenvalue weighted by Gasteiger charge is -2.26. The van der Waals surface area contributed by atoms with E-state index in [0.29, 0.717) is 11.7 Å². The monoisotopic (exact) mass is 417 g/mol. The lowest BCUT2D eigenvalue weighted by Crippen LogP contribution is -2.26. The van der Waals surface area contributed by atoms with Crippen molar-refractivity contribution in [1.82, 2.24) is 4.98 Å². The lowest BCUT2D eigenvalue weighted by atomic mass is 10.1. The van der Waals surface area contributed by atoms with E-state index in [-0.39, 0.29) is 17.8 Å². The minimum atomic E-state index is -0.260. The van der Waals surface area contributed by atoms with Gasteiger partial charge in [-0.25, -0.2) is 0 Å². The molecule has 0 radical (unpaired) electrons. The minimum absolute atomic E-state index is 0.247. The summed E-state index contributed by atoms with van der Waals surface area (Å²) in [6.07, 6.45) is 8.06. The van der Waals surface area contributed by atoms with Crippen molar-refractivity contribution in [2.45, 2.75) is 44.1 Å². The highest BCUT2D eigenvalue weighted by atomic mass is 16.3. The van der Waals surface area contributed by atoms with Gasteiger partial charge in [0.2, 0.25) is 0 Å². The summed E-state index contributed by atoms with van der Waals surface area (Å²) in [6, 6.07) is 13.6. The van der Waals surface area contributed by atoms with Crippen LogP contribution in [-0.4, -0.2) is 35.2 Å². The van der Waals surface area contributed by atoms with E-state index in [4.69, 9.17) is 4.42 Å². The summed E-state index contributed by atoms with van der Waals surface area (Å²) in [7, 11) is 0. The second-order valence-corrected chi connectivity index (χ2v) is 8.48. The van der Waals surface area contributed by atoms with Gasteiger partial charge in [0.1, 0.15) is 5.76 Å². The van der Waals surface area contributed by atoms with Gasteiger partial charge < -0.3 is 19.7 Å². The van der Waals surface area contributed by atoms with Crippen LogP contribution in [0.5, 0.6) is 0 Å². The molecule has 0 bridgehead atoms. The first kappa shape index (κ1) is 19.8. The number of carbonyl (C=O) groups is 1. The Bertz CT molecular complexity index is 1060. The molecule has 1 saturated heterocycles. The molecule has 1 atom stereocenters. The Morgan fingerprint density at radius 1 is 1.03 bits per heavy atom. The highest BCUT2D eigenvalue weighted by molar-refractivity contribution is 6.04. The molecule has 2 aromatic heterocycles. The second kappa shape index (κ2) is 8.55. The van der Waals surface area contributed by atoms with E-state index in [0.717, 1.165) is 49.3 Å². The average molecular weight is 418 g/mol. The van der Waals surface area contributed by atoms with Gasteiger partial charge in [-0.1, -0.05) is 6.07 Å². The van der Waals surface area contributed by atoms with Gasteiger partial charge >= 0.3 is 0 Å². The predicted molar refractivity (Wildman–Crippen MR) is 120 cm³/mol. The number of anilines is 2. The number of nitrogens with one attached hydrogen (secondary N) is 1. The van der Waals surface area contributed by atoms with Crippen molar-refractivity contribution in [1.29, 1.82) is 0 Å². The van der Waals surface area contributed by atoms with Crippen LogP contribution < -0.4 is 10.2 Å². The largest absolute Gasteiger partial charge is 0.451 e. The summed E-state index contributed by atoms with van der Waals surface area (Å²) >= 11 is 0. The summed E-state index contributed by atoms with van der Waals surface area (Å²) < 4.78 is 5.83. The number of amides is 1. The van der Waals surface area contributed by atoms with Crippen LogP contribution in [0.1, 0.15) is 54.1 Å². The van der Waals surface area contributed by atoms with Gasteiger partial charge in [-0.2, -0.15) is 0 Å². The number of aliphatic hydroxyl groups excluding tert-OH is 1. The Balaban J connectivity index is 1.40. The van der Waals surface area contributed by atoms with Crippen LogP contribution in [0.2, 0.25) is 0 Å². The maximum Gasteiger partial charge on any atom is 0.291 e. The summed E-state index contributed by atoms with van der Waals surface area (Å²) in [6.45, 7) is 1.65. The quantitative estimate of drug-likeness (QED) is 0.622. The molecular formula is C25H27N3O3. The Labute approximate surface area is 181 Å². The molecule has 0 spiro atoms. The molecule has 3 aromatic rings. The smallest absolute Gasteiger partial charge is 0.291 e. The third-order valence-electron chi connectivity index (χ3n) is 6.15. The standard InChI is InChI=1S/C25H27N3O3/c29-20-2-1-14-28(15-11-20)22-6-5-19(17-3-4-17)16-21(22)27-25(30)24-8-7-23(31-24)18-9-12-26-13-10-18/h5-10,12-13,16-17,20,29H,1-4,11,14-15H2,(H,27,30)/t20-/m0/s1. The second-order valence-electron chi connectivity index (χ2n) is 8.48. The van der Waals surface area contributed by atoms with Crippen LogP contribution in [0.3, 0.4) is 0 Å². The van der Waals surface area contributed by atoms with Crippen LogP contribution in [0.15, 0.2) is 59.3 Å². The molecule has 1 aromatic carbocycles. The van der Waals surface area contributed by atoms with Crippen molar-refractivity contribution in [2.75, 3.05) is 23.3 Å². The first-order chi connectivity index (χ1) is 15.2. The molecule has 31 heavy (non-hydrogen) atoms. The third-order valence-corrected chi connectivity index (χ3v) is 6.15. The number of pyridine rings is 1. The molecule has 0 unspecified atom stereocenters. The molecule has 2 N–H and O–H groups in total. The maximum atomic E-state index is 13.0. The van der Waals surface area contributed by atoms with E-state index < -0.39 is 0 Å². The number of aromatic nitrogens is 1. The van der Waals surface area contributed by atoms with E-state index in [2.05, 4.69) is 33.4 Å². The fourth-order valence-corrected chi connectivity index (χ4v) is 4.23. The number of hydrogen-bond acceptors (Lipinski definition) is 5. The Kier molecular flexibility index (Phi) is 5.47. The first-order valence-electron chi connectivity index (χ1n) is 11.1. The summed E-state index contributed by atoms with van der Waals surface area (Å²) in [5.74, 6) is 1.25. The topological polar surface area (TPSA) is 78.6 Å². The van der Waals surface area contributed by atoms with Gasteiger partial charge in [0, 0.05) is 31.0 Å². The predicted octanol–water partition coefficient (Wildman–Crippen LogP) is 4.82. The van der Waals surface area contributed by atoms with Crippen molar-refractivity contribution >= 4 is 17.3 Å². The van der Waals surface area contributed by atoms with Crippen LogP contribution in [0.25, 0.3) is 11.3 Å². The normalized spacial score (nSPS) is 19.1. The Morgan fingerprint density at radius 2 is 1.87 bits per heavy atom. The number of hydrogen-bond donors (Lipinski definition) is 2. The van der Waals surface area contributed by atoms with Gasteiger partial charge in [0.05, 0.1) is 17.5 Å². The molecule has 1 aliphatic heterocycles. The first-order valence-corrected chi connectivity index (χ1v) is 11.1. The molecule has 6 heteroatoms. The molecule has 1 amide bonds. The zero-order valence-electron chi connectivity index (χ0n) is 17.5. The van der Waals surface area contributed by atoms with E-state index in [1.165, 1.54) is 18.4 Å². The summed E-state index contributed by atoms with van der Waals surface area (Å²) in [5.41, 5.74) is 3.97. The van der Waals surface area contributed by atoms with Crippen LogP contribution >= 0.6 is 0 Å². The fourth-order valence-electron chi connectivity index (χ4n) is 4.23. The number of benzene rings is 1. The van der Waals surface area contributed by atoms with Crippen molar-refractivity contribution in [3.05, 3.63) is 66.2 Å². The van der Waals surface area contributed by atoms with Crippen molar-refractivity contribution in [3.63, 3.8) is 0 Å². The van der Waals surface area contributed by atoms with Crippen LogP contribution in [0, 0.1) is 0 Å². The van der Waals surface area contributed by atoms with Gasteiger partial charge in [-0.3, -0.25) is 9.78 Å². The fraction of sp³-hybridized carbons (Fsp3) is 0.360. The van der Waals surface area contributed by atoms with Gasteiger partial charge in [-0.05, 0) is 80.0 Å². The summed E-state index contributed by atoms with van der Waals surface area (Å²) in [4.78, 5) is 19.3. The molecule has 3 heterocycles. The van der Waals surface area contributed by atoms with Crippen molar-refractivity contribution in [2.24, 2.45) is 0 Å². The molecule has 2 fully saturated rings. The summed E-state index contributed by atoms with van der Waals surface area (Å²) in [5, 5.41) is 13.1. The van der Waals surface area contributed by atoms with Gasteiger partial charge in [-0.15, -0.1) is 0 Å². The Hall–Kier alpha value is -3.12. The highest BCUT2D eigenvalue weighted by Gasteiger charge is 2.26. The molecule has 1 aliphatic carbocycles. The van der Waals surface area contributed by atoms with Crippen molar-refractivity contribution < 1.29 is 14.3 Å². The minimum Gasteiger partial charge on any atom is -0.451 e. The number of furan rings is 1. The zero-order valence-corrected chi connectivity index (χ0v) is 17.5. The lowest BCUT2D eigenvalue weighted by molar-refractivity contribution is 0.0997. The number of carbonyl (C=O) groups excluding carboxylic acids is 1. The number of nitrogens with zero attached hydrogens (tertiary/aromatic N) is 2. The molecular weight excluding hydrogens is 390 g/mol.